The summed E-state index contributed by atoms with van der Waals surface area (Å²) in [4.78, 5) is 12.3. The van der Waals surface area contributed by atoms with Crippen molar-refractivity contribution in [2.45, 2.75) is 6.54 Å². The number of fused-ring (bicyclic) bond motifs is 1. The van der Waals surface area contributed by atoms with E-state index < -0.39 is 0 Å². The van der Waals surface area contributed by atoms with Gasteiger partial charge in [0, 0.05) is 17.5 Å². The average Bonchev–Trinajstić information content (AvgIpc) is 2.82. The van der Waals surface area contributed by atoms with Crippen molar-refractivity contribution in [2.75, 3.05) is 17.2 Å². The first-order chi connectivity index (χ1) is 9.61. The molecule has 0 unspecified atom stereocenters. The summed E-state index contributed by atoms with van der Waals surface area (Å²) >= 11 is 13.6. The third-order valence-electron chi connectivity index (χ3n) is 2.78. The van der Waals surface area contributed by atoms with E-state index >= 15 is 0 Å². The normalized spacial score (nSPS) is 13.4. The molecule has 2 heterocycles. The maximum Gasteiger partial charge on any atom is 0.262 e. The van der Waals surface area contributed by atoms with Gasteiger partial charge >= 0.3 is 0 Å². The highest BCUT2D eigenvalue weighted by Crippen LogP contribution is 2.36. The Morgan fingerprint density at radius 1 is 1.35 bits per heavy atom. The van der Waals surface area contributed by atoms with Crippen LogP contribution in [0, 0.1) is 0 Å². The van der Waals surface area contributed by atoms with Gasteiger partial charge in [0.2, 0.25) is 0 Å². The minimum absolute atomic E-state index is 0.0224. The highest BCUT2D eigenvalue weighted by molar-refractivity contribution is 7.16. The van der Waals surface area contributed by atoms with E-state index in [1.165, 1.54) is 11.3 Å². The molecule has 2 aromatic rings. The Labute approximate surface area is 129 Å². The molecule has 104 valence electrons. The van der Waals surface area contributed by atoms with Crippen molar-refractivity contribution >= 4 is 51.8 Å². The Morgan fingerprint density at radius 3 is 2.95 bits per heavy atom. The van der Waals surface area contributed by atoms with Crippen LogP contribution in [0.4, 0.5) is 11.4 Å². The van der Waals surface area contributed by atoms with E-state index in [0.717, 1.165) is 14.9 Å². The van der Waals surface area contributed by atoms with Gasteiger partial charge in [0.15, 0.2) is 6.61 Å². The molecule has 0 bridgehead atoms. The fourth-order valence-electron chi connectivity index (χ4n) is 1.86. The van der Waals surface area contributed by atoms with Gasteiger partial charge in [-0.05, 0) is 18.2 Å². The van der Waals surface area contributed by atoms with E-state index in [-0.39, 0.29) is 12.5 Å². The lowest BCUT2D eigenvalue weighted by Crippen LogP contribution is -2.25. The summed E-state index contributed by atoms with van der Waals surface area (Å²) in [5.74, 6) is 0.434. The lowest BCUT2D eigenvalue weighted by molar-refractivity contribution is -0.118. The van der Waals surface area contributed by atoms with Crippen molar-refractivity contribution in [2.24, 2.45) is 0 Å². The molecule has 2 N–H and O–H groups in total. The fraction of sp³-hybridized carbons (Fsp3) is 0.154. The van der Waals surface area contributed by atoms with Crippen LogP contribution in [-0.2, 0) is 11.3 Å². The first kappa shape index (κ1) is 13.5. The number of thiophene rings is 1. The molecule has 0 spiro atoms. The topological polar surface area (TPSA) is 50.4 Å². The first-order valence-corrected chi connectivity index (χ1v) is 7.43. The Kier molecular flexibility index (Phi) is 3.74. The molecule has 1 aromatic heterocycles. The maximum atomic E-state index is 11.2. The van der Waals surface area contributed by atoms with Crippen LogP contribution in [0.15, 0.2) is 24.3 Å². The molecule has 0 saturated carbocycles. The minimum Gasteiger partial charge on any atom is -0.482 e. The largest absolute Gasteiger partial charge is 0.482 e. The molecule has 0 fully saturated rings. The monoisotopic (exact) mass is 328 g/mol. The number of benzene rings is 1. The Hall–Kier alpha value is -1.43. The van der Waals surface area contributed by atoms with E-state index in [9.17, 15) is 4.79 Å². The zero-order valence-corrected chi connectivity index (χ0v) is 12.5. The summed E-state index contributed by atoms with van der Waals surface area (Å²) in [6.45, 7) is 0.650. The molecule has 4 nitrogen and oxygen atoms in total. The van der Waals surface area contributed by atoms with Crippen LogP contribution in [0.25, 0.3) is 0 Å². The Morgan fingerprint density at radius 2 is 2.20 bits per heavy atom. The highest BCUT2D eigenvalue weighted by Gasteiger charge is 2.18. The zero-order chi connectivity index (χ0) is 14.1. The molecular weight excluding hydrogens is 319 g/mol. The van der Waals surface area contributed by atoms with Crippen LogP contribution in [0.1, 0.15) is 4.88 Å². The van der Waals surface area contributed by atoms with Gasteiger partial charge in [0.25, 0.3) is 5.91 Å². The first-order valence-electron chi connectivity index (χ1n) is 5.86. The van der Waals surface area contributed by atoms with Crippen LogP contribution in [0.5, 0.6) is 5.75 Å². The van der Waals surface area contributed by atoms with Crippen molar-refractivity contribution in [3.8, 4) is 5.75 Å². The van der Waals surface area contributed by atoms with E-state index in [0.29, 0.717) is 23.0 Å². The van der Waals surface area contributed by atoms with Crippen molar-refractivity contribution in [1.29, 1.82) is 0 Å². The zero-order valence-electron chi connectivity index (χ0n) is 10.2. The van der Waals surface area contributed by atoms with E-state index in [4.69, 9.17) is 27.9 Å². The van der Waals surface area contributed by atoms with Crippen LogP contribution < -0.4 is 15.4 Å². The number of anilines is 2. The molecule has 0 saturated heterocycles. The molecule has 7 heteroatoms. The van der Waals surface area contributed by atoms with Crippen molar-refractivity contribution < 1.29 is 9.53 Å². The number of nitrogens with one attached hydrogen (secondary N) is 2. The minimum atomic E-state index is -0.178. The second kappa shape index (κ2) is 5.52. The third-order valence-corrected chi connectivity index (χ3v) is 4.33. The standard InChI is InChI=1S/C13H10Cl2N2O2S/c14-8-3-10-11(19-6-13(18)17-10)4-9(8)16-5-7-1-2-12(15)20-7/h1-4,16H,5-6H2,(H,17,18). The number of hydrogen-bond donors (Lipinski definition) is 2. The molecule has 1 aromatic carbocycles. The maximum absolute atomic E-state index is 11.2. The molecule has 20 heavy (non-hydrogen) atoms. The highest BCUT2D eigenvalue weighted by atomic mass is 35.5. The lowest BCUT2D eigenvalue weighted by atomic mass is 10.2. The lowest BCUT2D eigenvalue weighted by Gasteiger charge is -2.19. The summed E-state index contributed by atoms with van der Waals surface area (Å²) in [5, 5.41) is 6.47. The van der Waals surface area contributed by atoms with Gasteiger partial charge in [-0.2, -0.15) is 0 Å². The van der Waals surface area contributed by atoms with Gasteiger partial charge in [-0.15, -0.1) is 11.3 Å². The number of halogens is 2. The van der Waals surface area contributed by atoms with E-state index in [1.807, 2.05) is 12.1 Å². The molecule has 1 aliphatic heterocycles. The van der Waals surface area contributed by atoms with Crippen molar-refractivity contribution in [1.82, 2.24) is 0 Å². The van der Waals surface area contributed by atoms with Crippen LogP contribution >= 0.6 is 34.5 Å². The van der Waals surface area contributed by atoms with E-state index in [1.54, 1.807) is 12.1 Å². The second-order valence-electron chi connectivity index (χ2n) is 4.22. The number of rotatable bonds is 3. The molecule has 0 radical (unpaired) electrons. The molecular formula is C13H10Cl2N2O2S. The van der Waals surface area contributed by atoms with Crippen molar-refractivity contribution in [3.05, 3.63) is 38.5 Å². The van der Waals surface area contributed by atoms with Gasteiger partial charge in [0.1, 0.15) is 5.75 Å². The Bertz CT molecular complexity index is 672. The molecule has 0 atom stereocenters. The Balaban J connectivity index is 1.78. The SMILES string of the molecule is O=C1COc2cc(NCc3ccc(Cl)s3)c(Cl)cc2N1. The quantitative estimate of drug-likeness (QED) is 0.895. The van der Waals surface area contributed by atoms with Gasteiger partial charge in [-0.25, -0.2) is 0 Å². The van der Waals surface area contributed by atoms with Crippen LogP contribution in [-0.4, -0.2) is 12.5 Å². The molecule has 1 aliphatic rings. The number of carbonyl (C=O) groups excluding carboxylic acids is 1. The van der Waals surface area contributed by atoms with Crippen LogP contribution in [0.3, 0.4) is 0 Å². The summed E-state index contributed by atoms with van der Waals surface area (Å²) in [7, 11) is 0. The smallest absolute Gasteiger partial charge is 0.262 e. The molecule has 0 aliphatic carbocycles. The third kappa shape index (κ3) is 2.85. The van der Waals surface area contributed by atoms with Gasteiger partial charge in [-0.3, -0.25) is 4.79 Å². The summed E-state index contributed by atoms with van der Waals surface area (Å²) in [6, 6.07) is 7.28. The van der Waals surface area contributed by atoms with E-state index in [2.05, 4.69) is 10.6 Å². The second-order valence-corrected chi connectivity index (χ2v) is 6.43. The van der Waals surface area contributed by atoms with Gasteiger partial charge in [0.05, 0.1) is 20.7 Å². The predicted octanol–water partition coefficient (Wildman–Crippen LogP) is 4.00. The summed E-state index contributed by atoms with van der Waals surface area (Å²) in [5.41, 5.74) is 1.35. The number of ether oxygens (including phenoxy) is 1. The van der Waals surface area contributed by atoms with Gasteiger partial charge < -0.3 is 15.4 Å². The van der Waals surface area contributed by atoms with Gasteiger partial charge in [-0.1, -0.05) is 23.2 Å². The van der Waals surface area contributed by atoms with Crippen molar-refractivity contribution in [3.63, 3.8) is 0 Å². The summed E-state index contributed by atoms with van der Waals surface area (Å²) < 4.78 is 6.11. The number of amides is 1. The number of carbonyl (C=O) groups is 1. The van der Waals surface area contributed by atoms with Crippen LogP contribution in [0.2, 0.25) is 9.36 Å². The fourth-order valence-corrected chi connectivity index (χ4v) is 3.12. The molecule has 1 amide bonds. The predicted molar refractivity (Wildman–Crippen MR) is 82.2 cm³/mol. The average molecular weight is 329 g/mol. The number of hydrogen-bond acceptors (Lipinski definition) is 4. The molecule has 3 rings (SSSR count). The summed E-state index contributed by atoms with van der Waals surface area (Å²) in [6.07, 6.45) is 0.